The average Bonchev–Trinajstić information content (AvgIpc) is 2.69. The normalized spacial score (nSPS) is 10.2. The predicted octanol–water partition coefficient (Wildman–Crippen LogP) is 2.69. The van der Waals surface area contributed by atoms with Gasteiger partial charge in [-0.3, -0.25) is 4.79 Å². The van der Waals surface area contributed by atoms with E-state index in [1.807, 2.05) is 0 Å². The third kappa shape index (κ3) is 2.27. The number of thiazole rings is 1. The van der Waals surface area contributed by atoms with Gasteiger partial charge in [0.25, 0.3) is 0 Å². The zero-order valence-electron chi connectivity index (χ0n) is 7.81. The minimum absolute atomic E-state index is 0.236. The van der Waals surface area contributed by atoms with E-state index in [2.05, 4.69) is 4.98 Å². The van der Waals surface area contributed by atoms with Crippen LogP contribution >= 0.6 is 11.3 Å². The molecule has 0 aliphatic carbocycles. The van der Waals surface area contributed by atoms with E-state index >= 15 is 0 Å². The summed E-state index contributed by atoms with van der Waals surface area (Å²) < 4.78 is 13.3. The number of nitrogens with zero attached hydrogens (tertiary/aromatic N) is 1. The van der Waals surface area contributed by atoms with Crippen LogP contribution in [0.3, 0.4) is 0 Å². The number of hydrogen-bond acceptors (Lipinski definition) is 3. The molecule has 1 aromatic heterocycles. The lowest BCUT2D eigenvalue weighted by molar-refractivity contribution is 0.111. The molecule has 0 saturated heterocycles. The fourth-order valence-electron chi connectivity index (χ4n) is 1.27. The zero-order valence-corrected chi connectivity index (χ0v) is 8.63. The van der Waals surface area contributed by atoms with Gasteiger partial charge in [0.2, 0.25) is 0 Å². The molecule has 0 N–H and O–H groups in total. The number of aldehydes is 1. The van der Waals surface area contributed by atoms with Crippen LogP contribution in [0.2, 0.25) is 0 Å². The molecule has 0 bridgehead atoms. The van der Waals surface area contributed by atoms with Crippen LogP contribution in [0.5, 0.6) is 0 Å². The number of hydrogen-bond donors (Lipinski definition) is 0. The van der Waals surface area contributed by atoms with E-state index in [-0.39, 0.29) is 5.82 Å². The first-order chi connectivity index (χ1) is 7.29. The van der Waals surface area contributed by atoms with E-state index in [1.165, 1.54) is 17.4 Å². The second-order valence-electron chi connectivity index (χ2n) is 3.05. The van der Waals surface area contributed by atoms with Crippen molar-refractivity contribution in [2.75, 3.05) is 0 Å². The van der Waals surface area contributed by atoms with Crippen molar-refractivity contribution in [3.8, 4) is 0 Å². The van der Waals surface area contributed by atoms with E-state index in [0.717, 1.165) is 5.01 Å². The molecule has 1 aromatic carbocycles. The van der Waals surface area contributed by atoms with Gasteiger partial charge in [0.05, 0.1) is 5.01 Å². The number of benzene rings is 1. The van der Waals surface area contributed by atoms with Gasteiger partial charge in [-0.05, 0) is 11.6 Å². The van der Waals surface area contributed by atoms with Gasteiger partial charge in [-0.25, -0.2) is 9.37 Å². The second-order valence-corrected chi connectivity index (χ2v) is 3.99. The molecule has 2 aromatic rings. The SMILES string of the molecule is O=Cc1csc(Cc2ccccc2F)n1. The van der Waals surface area contributed by atoms with Crippen molar-refractivity contribution in [2.45, 2.75) is 6.42 Å². The van der Waals surface area contributed by atoms with Crippen molar-refractivity contribution in [1.82, 2.24) is 4.98 Å². The fraction of sp³-hybridized carbons (Fsp3) is 0.0909. The molecule has 0 saturated carbocycles. The van der Waals surface area contributed by atoms with E-state index in [9.17, 15) is 9.18 Å². The Morgan fingerprint density at radius 3 is 2.87 bits per heavy atom. The number of carbonyl (C=O) groups is 1. The largest absolute Gasteiger partial charge is 0.296 e. The van der Waals surface area contributed by atoms with Gasteiger partial charge < -0.3 is 0 Å². The Kier molecular flexibility index (Phi) is 2.87. The monoisotopic (exact) mass is 221 g/mol. The molecule has 2 rings (SSSR count). The molecule has 0 radical (unpaired) electrons. The van der Waals surface area contributed by atoms with Crippen molar-refractivity contribution in [3.63, 3.8) is 0 Å². The van der Waals surface area contributed by atoms with Crippen molar-refractivity contribution < 1.29 is 9.18 Å². The van der Waals surface area contributed by atoms with Gasteiger partial charge in [0.1, 0.15) is 11.5 Å². The fourth-order valence-corrected chi connectivity index (χ4v) is 2.03. The molecule has 0 fully saturated rings. The van der Waals surface area contributed by atoms with E-state index in [0.29, 0.717) is 24.0 Å². The van der Waals surface area contributed by atoms with E-state index < -0.39 is 0 Å². The molecule has 0 atom stereocenters. The minimum Gasteiger partial charge on any atom is -0.296 e. The number of aromatic nitrogens is 1. The zero-order chi connectivity index (χ0) is 10.7. The summed E-state index contributed by atoms with van der Waals surface area (Å²) in [6, 6.07) is 6.57. The van der Waals surface area contributed by atoms with Crippen LogP contribution in [-0.2, 0) is 6.42 Å². The molecular weight excluding hydrogens is 213 g/mol. The first-order valence-electron chi connectivity index (χ1n) is 4.42. The molecule has 2 nitrogen and oxygen atoms in total. The van der Waals surface area contributed by atoms with E-state index in [4.69, 9.17) is 0 Å². The first kappa shape index (κ1) is 9.98. The number of rotatable bonds is 3. The third-order valence-electron chi connectivity index (χ3n) is 1.99. The summed E-state index contributed by atoms with van der Waals surface area (Å²) in [5, 5.41) is 2.42. The molecule has 0 aliphatic rings. The van der Waals surface area contributed by atoms with Gasteiger partial charge in [0.15, 0.2) is 6.29 Å². The quantitative estimate of drug-likeness (QED) is 0.746. The van der Waals surface area contributed by atoms with E-state index in [1.54, 1.807) is 23.6 Å². The minimum atomic E-state index is -0.236. The molecule has 15 heavy (non-hydrogen) atoms. The van der Waals surface area contributed by atoms with Gasteiger partial charge in [-0.2, -0.15) is 0 Å². The van der Waals surface area contributed by atoms with Gasteiger partial charge >= 0.3 is 0 Å². The second kappa shape index (κ2) is 4.31. The highest BCUT2D eigenvalue weighted by molar-refractivity contribution is 7.09. The topological polar surface area (TPSA) is 30.0 Å². The number of carbonyl (C=O) groups excluding carboxylic acids is 1. The summed E-state index contributed by atoms with van der Waals surface area (Å²) in [5.41, 5.74) is 1.01. The molecule has 0 unspecified atom stereocenters. The Labute approximate surface area is 90.4 Å². The maximum atomic E-state index is 13.3. The van der Waals surface area contributed by atoms with Crippen LogP contribution in [0, 0.1) is 5.82 Å². The highest BCUT2D eigenvalue weighted by Gasteiger charge is 2.05. The summed E-state index contributed by atoms with van der Waals surface area (Å²) >= 11 is 1.37. The van der Waals surface area contributed by atoms with Crippen molar-refractivity contribution in [3.05, 3.63) is 51.7 Å². The number of halogens is 1. The van der Waals surface area contributed by atoms with Crippen molar-refractivity contribution >= 4 is 17.6 Å². The maximum absolute atomic E-state index is 13.3. The lowest BCUT2D eigenvalue weighted by Crippen LogP contribution is -1.92. The third-order valence-corrected chi connectivity index (χ3v) is 2.86. The Balaban J connectivity index is 2.22. The molecule has 0 spiro atoms. The summed E-state index contributed by atoms with van der Waals surface area (Å²) in [6.45, 7) is 0. The van der Waals surface area contributed by atoms with Crippen LogP contribution in [0.1, 0.15) is 21.1 Å². The summed E-state index contributed by atoms with van der Waals surface area (Å²) in [5.74, 6) is -0.236. The summed E-state index contributed by atoms with van der Waals surface area (Å²) in [6.07, 6.45) is 1.13. The Morgan fingerprint density at radius 2 is 2.20 bits per heavy atom. The van der Waals surface area contributed by atoms with Crippen LogP contribution in [0.15, 0.2) is 29.6 Å². The van der Waals surface area contributed by atoms with Crippen molar-refractivity contribution in [1.29, 1.82) is 0 Å². The van der Waals surface area contributed by atoms with Crippen molar-refractivity contribution in [2.24, 2.45) is 0 Å². The molecule has 76 valence electrons. The summed E-state index contributed by atoms with van der Waals surface area (Å²) in [4.78, 5) is 14.5. The molecule has 0 aliphatic heterocycles. The van der Waals surface area contributed by atoms with Crippen LogP contribution in [0.4, 0.5) is 4.39 Å². The molecule has 4 heteroatoms. The highest BCUT2D eigenvalue weighted by atomic mass is 32.1. The predicted molar refractivity (Wildman–Crippen MR) is 56.7 cm³/mol. The van der Waals surface area contributed by atoms with Crippen LogP contribution in [-0.4, -0.2) is 11.3 Å². The molecule has 0 amide bonds. The molecular formula is C11H8FNOS. The van der Waals surface area contributed by atoms with Crippen LogP contribution < -0.4 is 0 Å². The van der Waals surface area contributed by atoms with Gasteiger partial charge in [0, 0.05) is 11.8 Å². The standard InChI is InChI=1S/C11H8FNOS/c12-10-4-2-1-3-8(10)5-11-13-9(6-14)7-15-11/h1-4,6-7H,5H2. The molecule has 1 heterocycles. The van der Waals surface area contributed by atoms with Crippen LogP contribution in [0.25, 0.3) is 0 Å². The van der Waals surface area contributed by atoms with Gasteiger partial charge in [-0.15, -0.1) is 11.3 Å². The summed E-state index contributed by atoms with van der Waals surface area (Å²) in [7, 11) is 0. The Morgan fingerprint density at radius 1 is 1.40 bits per heavy atom. The highest BCUT2D eigenvalue weighted by Crippen LogP contribution is 2.16. The van der Waals surface area contributed by atoms with Gasteiger partial charge in [-0.1, -0.05) is 18.2 Å². The Hall–Kier alpha value is -1.55. The lowest BCUT2D eigenvalue weighted by atomic mass is 10.1. The average molecular weight is 221 g/mol. The lowest BCUT2D eigenvalue weighted by Gasteiger charge is -1.98. The first-order valence-corrected chi connectivity index (χ1v) is 5.30. The maximum Gasteiger partial charge on any atom is 0.169 e. The Bertz CT molecular complexity index is 481. The smallest absolute Gasteiger partial charge is 0.169 e.